The van der Waals surface area contributed by atoms with Crippen molar-refractivity contribution in [3.05, 3.63) is 51.1 Å². The van der Waals surface area contributed by atoms with Crippen molar-refractivity contribution in [2.45, 2.75) is 23.6 Å². The molecule has 1 heterocycles. The second-order valence-corrected chi connectivity index (χ2v) is 7.56. The van der Waals surface area contributed by atoms with Crippen molar-refractivity contribution in [1.29, 1.82) is 0 Å². The van der Waals surface area contributed by atoms with Crippen molar-refractivity contribution in [3.63, 3.8) is 0 Å². The number of halogens is 1. The summed E-state index contributed by atoms with van der Waals surface area (Å²) in [5.41, 5.74) is 0. The van der Waals surface area contributed by atoms with Crippen LogP contribution in [0.3, 0.4) is 0 Å². The van der Waals surface area contributed by atoms with Crippen LogP contribution >= 0.6 is 39.0 Å². The van der Waals surface area contributed by atoms with E-state index in [2.05, 4.69) is 69.9 Å². The average molecular weight is 342 g/mol. The Labute approximate surface area is 125 Å². The number of thioether (sulfide) groups is 1. The molecule has 1 unspecified atom stereocenters. The van der Waals surface area contributed by atoms with Crippen LogP contribution in [0.4, 0.5) is 0 Å². The fraction of sp³-hybridized carbons (Fsp3) is 0.286. The Morgan fingerprint density at radius 3 is 2.94 bits per heavy atom. The molecular formula is C14H16BrNS2. The van der Waals surface area contributed by atoms with Gasteiger partial charge in [-0.2, -0.15) is 0 Å². The summed E-state index contributed by atoms with van der Waals surface area (Å²) in [4.78, 5) is 2.71. The van der Waals surface area contributed by atoms with Crippen molar-refractivity contribution in [2.24, 2.45) is 0 Å². The second-order valence-electron chi connectivity index (χ2n) is 4.10. The summed E-state index contributed by atoms with van der Waals surface area (Å²) < 4.78 is 1.14. The molecule has 1 N–H and O–H groups in total. The topological polar surface area (TPSA) is 12.0 Å². The van der Waals surface area contributed by atoms with E-state index in [1.165, 1.54) is 9.77 Å². The SMILES string of the molecule is CC(CNCc1cccs1)Sc1cccc(Br)c1. The molecule has 0 bridgehead atoms. The first-order valence-corrected chi connectivity index (χ1v) is 8.44. The number of nitrogens with one attached hydrogen (secondary N) is 1. The lowest BCUT2D eigenvalue weighted by atomic mass is 10.4. The molecule has 0 aliphatic carbocycles. The van der Waals surface area contributed by atoms with Crippen LogP contribution < -0.4 is 5.32 Å². The van der Waals surface area contributed by atoms with Crippen molar-refractivity contribution < 1.29 is 0 Å². The van der Waals surface area contributed by atoms with Gasteiger partial charge >= 0.3 is 0 Å². The standard InChI is InChI=1S/C14H16BrNS2/c1-11(9-16-10-14-6-3-7-17-14)18-13-5-2-4-12(15)8-13/h2-8,11,16H,9-10H2,1H3. The van der Waals surface area contributed by atoms with E-state index in [1.807, 2.05) is 11.8 Å². The summed E-state index contributed by atoms with van der Waals surface area (Å²) in [5, 5.41) is 6.19. The van der Waals surface area contributed by atoms with Gasteiger partial charge in [-0.15, -0.1) is 23.1 Å². The van der Waals surface area contributed by atoms with E-state index in [-0.39, 0.29) is 0 Å². The molecule has 0 aliphatic rings. The molecule has 0 spiro atoms. The van der Waals surface area contributed by atoms with Crippen LogP contribution in [0.5, 0.6) is 0 Å². The van der Waals surface area contributed by atoms with Gasteiger partial charge in [-0.05, 0) is 29.6 Å². The van der Waals surface area contributed by atoms with Crippen LogP contribution in [0.15, 0.2) is 51.1 Å². The van der Waals surface area contributed by atoms with Crippen LogP contribution in [-0.2, 0) is 6.54 Å². The number of rotatable bonds is 6. The Morgan fingerprint density at radius 2 is 2.22 bits per heavy atom. The van der Waals surface area contributed by atoms with Gasteiger partial charge in [-0.1, -0.05) is 35.0 Å². The van der Waals surface area contributed by atoms with Gasteiger partial charge in [-0.3, -0.25) is 0 Å². The highest BCUT2D eigenvalue weighted by Crippen LogP contribution is 2.25. The van der Waals surface area contributed by atoms with E-state index in [9.17, 15) is 0 Å². The zero-order chi connectivity index (χ0) is 12.8. The number of benzene rings is 1. The lowest BCUT2D eigenvalue weighted by molar-refractivity contribution is 0.690. The van der Waals surface area contributed by atoms with Gasteiger partial charge in [0.2, 0.25) is 0 Å². The molecule has 1 nitrogen and oxygen atoms in total. The third-order valence-electron chi connectivity index (χ3n) is 2.44. The number of hydrogen-bond acceptors (Lipinski definition) is 3. The maximum absolute atomic E-state index is 3.50. The molecule has 0 amide bonds. The molecule has 18 heavy (non-hydrogen) atoms. The molecule has 2 rings (SSSR count). The number of thiophene rings is 1. The molecule has 96 valence electrons. The van der Waals surface area contributed by atoms with Gasteiger partial charge in [0.05, 0.1) is 0 Å². The van der Waals surface area contributed by atoms with Gasteiger partial charge in [0.25, 0.3) is 0 Å². The molecule has 0 saturated heterocycles. The predicted molar refractivity (Wildman–Crippen MR) is 85.5 cm³/mol. The maximum Gasteiger partial charge on any atom is 0.0300 e. The molecule has 1 aromatic carbocycles. The van der Waals surface area contributed by atoms with E-state index in [0.29, 0.717) is 5.25 Å². The highest BCUT2D eigenvalue weighted by atomic mass is 79.9. The minimum Gasteiger partial charge on any atom is -0.311 e. The lowest BCUT2D eigenvalue weighted by Gasteiger charge is -2.12. The second kappa shape index (κ2) is 7.34. The summed E-state index contributed by atoms with van der Waals surface area (Å²) >= 11 is 7.21. The zero-order valence-electron chi connectivity index (χ0n) is 10.2. The molecule has 0 aliphatic heterocycles. The van der Waals surface area contributed by atoms with Crippen LogP contribution in [0.1, 0.15) is 11.8 Å². The molecule has 1 atom stereocenters. The normalized spacial score (nSPS) is 12.6. The largest absolute Gasteiger partial charge is 0.311 e. The molecule has 0 saturated carbocycles. The molecule has 0 fully saturated rings. The van der Waals surface area contributed by atoms with E-state index in [4.69, 9.17) is 0 Å². The van der Waals surface area contributed by atoms with Crippen LogP contribution in [0, 0.1) is 0 Å². The third kappa shape index (κ3) is 4.76. The quantitative estimate of drug-likeness (QED) is 0.758. The van der Waals surface area contributed by atoms with E-state index in [1.54, 1.807) is 11.3 Å². The smallest absolute Gasteiger partial charge is 0.0300 e. The fourth-order valence-electron chi connectivity index (χ4n) is 1.63. The van der Waals surface area contributed by atoms with Gasteiger partial charge in [0, 0.05) is 32.6 Å². The fourth-order valence-corrected chi connectivity index (χ4v) is 3.87. The molecule has 4 heteroatoms. The van der Waals surface area contributed by atoms with E-state index >= 15 is 0 Å². The predicted octanol–water partition coefficient (Wildman–Crippen LogP) is 4.78. The van der Waals surface area contributed by atoms with Gasteiger partial charge in [0.1, 0.15) is 0 Å². The van der Waals surface area contributed by atoms with Crippen molar-refractivity contribution in [3.8, 4) is 0 Å². The summed E-state index contributed by atoms with van der Waals surface area (Å²) in [6, 6.07) is 12.7. The Kier molecular flexibility index (Phi) is 5.76. The molecule has 1 aromatic heterocycles. The summed E-state index contributed by atoms with van der Waals surface area (Å²) in [6.07, 6.45) is 0. The Morgan fingerprint density at radius 1 is 1.33 bits per heavy atom. The highest BCUT2D eigenvalue weighted by Gasteiger charge is 2.04. The van der Waals surface area contributed by atoms with Crippen molar-refractivity contribution in [1.82, 2.24) is 5.32 Å². The molecule has 0 radical (unpaired) electrons. The van der Waals surface area contributed by atoms with Crippen LogP contribution in [0.25, 0.3) is 0 Å². The van der Waals surface area contributed by atoms with Gasteiger partial charge < -0.3 is 5.32 Å². The van der Waals surface area contributed by atoms with Crippen molar-refractivity contribution >= 4 is 39.0 Å². The Bertz CT molecular complexity index is 470. The third-order valence-corrected chi connectivity index (χ3v) is 4.91. The number of hydrogen-bond donors (Lipinski definition) is 1. The first-order valence-electron chi connectivity index (χ1n) is 5.89. The monoisotopic (exact) mass is 341 g/mol. The minimum atomic E-state index is 0.569. The van der Waals surface area contributed by atoms with Crippen LogP contribution in [-0.4, -0.2) is 11.8 Å². The van der Waals surface area contributed by atoms with E-state index < -0.39 is 0 Å². The Hall–Kier alpha value is -0.290. The maximum atomic E-state index is 3.50. The van der Waals surface area contributed by atoms with Gasteiger partial charge in [0.15, 0.2) is 0 Å². The van der Waals surface area contributed by atoms with E-state index in [0.717, 1.165) is 17.6 Å². The van der Waals surface area contributed by atoms with Crippen molar-refractivity contribution in [2.75, 3.05) is 6.54 Å². The average Bonchev–Trinajstić information content (AvgIpc) is 2.82. The Balaban J connectivity index is 1.73. The van der Waals surface area contributed by atoms with Gasteiger partial charge in [-0.25, -0.2) is 0 Å². The van der Waals surface area contributed by atoms with Crippen LogP contribution in [0.2, 0.25) is 0 Å². The lowest BCUT2D eigenvalue weighted by Crippen LogP contribution is -2.21. The summed E-state index contributed by atoms with van der Waals surface area (Å²) in [7, 11) is 0. The minimum absolute atomic E-state index is 0.569. The summed E-state index contributed by atoms with van der Waals surface area (Å²) in [6.45, 7) is 4.25. The first kappa shape index (κ1) is 14.1. The first-order chi connectivity index (χ1) is 8.74. The molecule has 2 aromatic rings. The summed E-state index contributed by atoms with van der Waals surface area (Å²) in [5.74, 6) is 0. The zero-order valence-corrected chi connectivity index (χ0v) is 13.4. The molecular weight excluding hydrogens is 326 g/mol. The highest BCUT2D eigenvalue weighted by molar-refractivity contribution is 9.10.